The SMILES string of the molecule is CCc1ccc2nccc(C=O)c2c1. The molecule has 1 aromatic carbocycles. The van der Waals surface area contributed by atoms with Gasteiger partial charge in [0.15, 0.2) is 6.29 Å². The first-order valence-corrected chi connectivity index (χ1v) is 4.68. The van der Waals surface area contributed by atoms with Gasteiger partial charge in [0.05, 0.1) is 5.52 Å². The summed E-state index contributed by atoms with van der Waals surface area (Å²) in [6.07, 6.45) is 3.52. The quantitative estimate of drug-likeness (QED) is 0.673. The Labute approximate surface area is 82.6 Å². The molecule has 0 N–H and O–H groups in total. The number of nitrogens with zero attached hydrogens (tertiary/aromatic N) is 1. The zero-order chi connectivity index (χ0) is 9.97. The maximum atomic E-state index is 10.8. The number of pyridine rings is 1. The molecular formula is C12H11NO. The fraction of sp³-hybridized carbons (Fsp3) is 0.167. The number of aromatic nitrogens is 1. The molecule has 0 spiro atoms. The van der Waals surface area contributed by atoms with Crippen LogP contribution in [-0.4, -0.2) is 11.3 Å². The molecule has 1 heterocycles. The van der Waals surface area contributed by atoms with E-state index in [2.05, 4.69) is 11.9 Å². The number of aldehydes is 1. The van der Waals surface area contributed by atoms with Crippen molar-refractivity contribution in [3.63, 3.8) is 0 Å². The van der Waals surface area contributed by atoms with Crippen molar-refractivity contribution in [2.24, 2.45) is 0 Å². The van der Waals surface area contributed by atoms with E-state index in [0.717, 1.165) is 23.6 Å². The van der Waals surface area contributed by atoms with Gasteiger partial charge in [-0.25, -0.2) is 0 Å². The number of hydrogen-bond acceptors (Lipinski definition) is 2. The van der Waals surface area contributed by atoms with Crippen LogP contribution in [0.3, 0.4) is 0 Å². The Balaban J connectivity index is 2.76. The van der Waals surface area contributed by atoms with Crippen LogP contribution < -0.4 is 0 Å². The number of carbonyl (C=O) groups excluding carboxylic acids is 1. The molecule has 70 valence electrons. The lowest BCUT2D eigenvalue weighted by atomic mass is 10.1. The summed E-state index contributed by atoms with van der Waals surface area (Å²) in [5, 5.41) is 0.946. The van der Waals surface area contributed by atoms with Crippen molar-refractivity contribution in [2.45, 2.75) is 13.3 Å². The molecule has 0 radical (unpaired) electrons. The Hall–Kier alpha value is -1.70. The van der Waals surface area contributed by atoms with Crippen molar-refractivity contribution in [2.75, 3.05) is 0 Å². The van der Waals surface area contributed by atoms with Crippen molar-refractivity contribution in [1.29, 1.82) is 0 Å². The van der Waals surface area contributed by atoms with Crippen molar-refractivity contribution in [3.8, 4) is 0 Å². The molecule has 0 saturated carbocycles. The van der Waals surface area contributed by atoms with E-state index in [1.54, 1.807) is 12.3 Å². The van der Waals surface area contributed by atoms with Gasteiger partial charge >= 0.3 is 0 Å². The van der Waals surface area contributed by atoms with Crippen LogP contribution in [0.25, 0.3) is 10.9 Å². The minimum atomic E-state index is 0.713. The molecule has 2 nitrogen and oxygen atoms in total. The second-order valence-corrected chi connectivity index (χ2v) is 3.22. The normalized spacial score (nSPS) is 10.4. The van der Waals surface area contributed by atoms with Crippen LogP contribution in [0.1, 0.15) is 22.8 Å². The van der Waals surface area contributed by atoms with Gasteiger partial charge in [0.2, 0.25) is 0 Å². The number of carbonyl (C=O) groups is 1. The summed E-state index contributed by atoms with van der Waals surface area (Å²) in [6.45, 7) is 2.10. The molecule has 1 aromatic heterocycles. The largest absolute Gasteiger partial charge is 0.298 e. The summed E-state index contributed by atoms with van der Waals surface area (Å²) in [7, 11) is 0. The van der Waals surface area contributed by atoms with Gasteiger partial charge in [-0.15, -0.1) is 0 Å². The van der Waals surface area contributed by atoms with Crippen LogP contribution in [0.15, 0.2) is 30.5 Å². The third-order valence-electron chi connectivity index (χ3n) is 2.37. The number of rotatable bonds is 2. The standard InChI is InChI=1S/C12H11NO/c1-2-9-3-4-12-11(7-9)10(8-14)5-6-13-12/h3-8H,2H2,1H3. The topological polar surface area (TPSA) is 30.0 Å². The van der Waals surface area contributed by atoms with E-state index in [9.17, 15) is 4.79 Å². The summed E-state index contributed by atoms with van der Waals surface area (Å²) in [5.41, 5.74) is 2.82. The Morgan fingerprint density at radius 1 is 1.36 bits per heavy atom. The molecule has 2 heteroatoms. The van der Waals surface area contributed by atoms with Gasteiger partial charge in [0, 0.05) is 17.1 Å². The molecule has 0 atom stereocenters. The summed E-state index contributed by atoms with van der Waals surface area (Å²) >= 11 is 0. The number of aryl methyl sites for hydroxylation is 1. The van der Waals surface area contributed by atoms with Crippen LogP contribution in [-0.2, 0) is 6.42 Å². The Bertz CT molecular complexity index is 477. The Morgan fingerprint density at radius 3 is 2.93 bits per heavy atom. The third kappa shape index (κ3) is 1.39. The first-order chi connectivity index (χ1) is 6.85. The highest BCUT2D eigenvalue weighted by molar-refractivity contribution is 5.96. The molecule has 2 rings (SSSR count). The first kappa shape index (κ1) is 8.88. The second kappa shape index (κ2) is 3.58. The second-order valence-electron chi connectivity index (χ2n) is 3.22. The van der Waals surface area contributed by atoms with E-state index in [1.165, 1.54) is 5.56 Å². The summed E-state index contributed by atoms with van der Waals surface area (Å²) in [4.78, 5) is 15.0. The van der Waals surface area contributed by atoms with E-state index in [1.807, 2.05) is 18.2 Å². The van der Waals surface area contributed by atoms with Gasteiger partial charge in [-0.3, -0.25) is 9.78 Å². The molecule has 0 amide bonds. The van der Waals surface area contributed by atoms with Gasteiger partial charge in [-0.2, -0.15) is 0 Å². The number of benzene rings is 1. The predicted molar refractivity (Wildman–Crippen MR) is 56.5 cm³/mol. The molecule has 0 saturated heterocycles. The van der Waals surface area contributed by atoms with Gasteiger partial charge in [0.1, 0.15) is 0 Å². The van der Waals surface area contributed by atoms with Crippen molar-refractivity contribution >= 4 is 17.2 Å². The van der Waals surface area contributed by atoms with Gasteiger partial charge in [0.25, 0.3) is 0 Å². The molecule has 0 bridgehead atoms. The lowest BCUT2D eigenvalue weighted by molar-refractivity contribution is 0.112. The van der Waals surface area contributed by atoms with E-state index in [0.29, 0.717) is 5.56 Å². The molecule has 0 aliphatic carbocycles. The number of fused-ring (bicyclic) bond motifs is 1. The highest BCUT2D eigenvalue weighted by Crippen LogP contribution is 2.17. The summed E-state index contributed by atoms with van der Waals surface area (Å²) in [6, 6.07) is 7.78. The fourth-order valence-electron chi connectivity index (χ4n) is 1.54. The van der Waals surface area contributed by atoms with Crippen LogP contribution in [0, 0.1) is 0 Å². The minimum absolute atomic E-state index is 0.713. The Morgan fingerprint density at radius 2 is 2.21 bits per heavy atom. The molecule has 0 aliphatic rings. The van der Waals surface area contributed by atoms with Gasteiger partial charge in [-0.1, -0.05) is 13.0 Å². The van der Waals surface area contributed by atoms with Gasteiger partial charge < -0.3 is 0 Å². The predicted octanol–water partition coefficient (Wildman–Crippen LogP) is 2.61. The van der Waals surface area contributed by atoms with Crippen LogP contribution in [0.2, 0.25) is 0 Å². The van der Waals surface area contributed by atoms with Crippen LogP contribution >= 0.6 is 0 Å². The molecule has 14 heavy (non-hydrogen) atoms. The zero-order valence-electron chi connectivity index (χ0n) is 8.03. The molecule has 0 fully saturated rings. The molecule has 0 unspecified atom stereocenters. The lowest BCUT2D eigenvalue weighted by Crippen LogP contribution is -1.88. The monoisotopic (exact) mass is 185 g/mol. The van der Waals surface area contributed by atoms with Crippen molar-refractivity contribution in [1.82, 2.24) is 4.98 Å². The number of hydrogen-bond donors (Lipinski definition) is 0. The highest BCUT2D eigenvalue weighted by Gasteiger charge is 2.01. The Kier molecular flexibility index (Phi) is 2.27. The average molecular weight is 185 g/mol. The summed E-state index contributed by atoms with van der Waals surface area (Å²) in [5.74, 6) is 0. The van der Waals surface area contributed by atoms with Crippen LogP contribution in [0.4, 0.5) is 0 Å². The smallest absolute Gasteiger partial charge is 0.150 e. The van der Waals surface area contributed by atoms with Crippen molar-refractivity contribution in [3.05, 3.63) is 41.6 Å². The fourth-order valence-corrected chi connectivity index (χ4v) is 1.54. The van der Waals surface area contributed by atoms with E-state index >= 15 is 0 Å². The van der Waals surface area contributed by atoms with Crippen molar-refractivity contribution < 1.29 is 4.79 Å². The van der Waals surface area contributed by atoms with E-state index < -0.39 is 0 Å². The average Bonchev–Trinajstić information content (AvgIpc) is 2.27. The molecule has 0 aliphatic heterocycles. The minimum Gasteiger partial charge on any atom is -0.298 e. The molecule has 2 aromatic rings. The maximum Gasteiger partial charge on any atom is 0.150 e. The highest BCUT2D eigenvalue weighted by atomic mass is 16.1. The van der Waals surface area contributed by atoms with E-state index in [4.69, 9.17) is 0 Å². The third-order valence-corrected chi connectivity index (χ3v) is 2.37. The molecular weight excluding hydrogens is 174 g/mol. The lowest BCUT2D eigenvalue weighted by Gasteiger charge is -2.02. The van der Waals surface area contributed by atoms with Crippen LogP contribution in [0.5, 0.6) is 0 Å². The summed E-state index contributed by atoms with van der Waals surface area (Å²) < 4.78 is 0. The first-order valence-electron chi connectivity index (χ1n) is 4.68. The zero-order valence-corrected chi connectivity index (χ0v) is 8.03. The van der Waals surface area contributed by atoms with E-state index in [-0.39, 0.29) is 0 Å². The maximum absolute atomic E-state index is 10.8. The van der Waals surface area contributed by atoms with Gasteiger partial charge in [-0.05, 0) is 30.2 Å².